The van der Waals surface area contributed by atoms with E-state index in [1.807, 2.05) is 13.0 Å². The fourth-order valence-electron chi connectivity index (χ4n) is 1.52. The predicted molar refractivity (Wildman–Crippen MR) is 79.6 cm³/mol. The molecule has 2 rings (SSSR count). The summed E-state index contributed by atoms with van der Waals surface area (Å²) in [5, 5.41) is 4.70. The maximum atomic E-state index is 11.9. The van der Waals surface area contributed by atoms with Crippen LogP contribution in [0.1, 0.15) is 28.8 Å². The van der Waals surface area contributed by atoms with E-state index in [4.69, 9.17) is 27.6 Å². The summed E-state index contributed by atoms with van der Waals surface area (Å²) in [6.07, 6.45) is 0. The average molecular weight is 311 g/mol. The Kier molecular flexibility index (Phi) is 4.47. The molecule has 104 valence electrons. The van der Waals surface area contributed by atoms with Crippen LogP contribution >= 0.6 is 23.2 Å². The molecule has 0 radical (unpaired) electrons. The minimum Gasteiger partial charge on any atom is -0.460 e. The number of carbonyl (C=O) groups excluding carboxylic acids is 1. The molecule has 20 heavy (non-hydrogen) atoms. The molecule has 1 heterocycles. The van der Waals surface area contributed by atoms with Crippen LogP contribution in [-0.2, 0) is 0 Å². The van der Waals surface area contributed by atoms with Crippen molar-refractivity contribution in [3.63, 3.8) is 0 Å². The molecule has 1 aromatic heterocycles. The highest BCUT2D eigenvalue weighted by molar-refractivity contribution is 6.42. The van der Waals surface area contributed by atoms with Crippen LogP contribution < -0.4 is 5.43 Å². The number of furan rings is 1. The summed E-state index contributed by atoms with van der Waals surface area (Å²) in [5.74, 6) is 1.02. The van der Waals surface area contributed by atoms with Gasteiger partial charge in [-0.1, -0.05) is 23.2 Å². The van der Waals surface area contributed by atoms with Crippen molar-refractivity contribution in [1.29, 1.82) is 0 Å². The maximum Gasteiger partial charge on any atom is 0.271 e. The van der Waals surface area contributed by atoms with E-state index in [1.165, 1.54) is 6.07 Å². The van der Waals surface area contributed by atoms with Crippen molar-refractivity contribution in [2.45, 2.75) is 13.8 Å². The van der Waals surface area contributed by atoms with Crippen molar-refractivity contribution in [3.8, 4) is 0 Å². The Hall–Kier alpha value is -1.78. The minimum atomic E-state index is -0.369. The first-order valence-electron chi connectivity index (χ1n) is 5.84. The van der Waals surface area contributed by atoms with Crippen molar-refractivity contribution >= 4 is 34.8 Å². The lowest BCUT2D eigenvalue weighted by Gasteiger charge is -2.02. The molecule has 2 aromatic rings. The molecule has 0 spiro atoms. The summed E-state index contributed by atoms with van der Waals surface area (Å²) in [5.41, 5.74) is 3.40. The van der Waals surface area contributed by atoms with E-state index in [0.29, 0.717) is 27.1 Å². The Morgan fingerprint density at radius 1 is 1.20 bits per heavy atom. The smallest absolute Gasteiger partial charge is 0.271 e. The molecule has 0 bridgehead atoms. The van der Waals surface area contributed by atoms with Gasteiger partial charge in [0.05, 0.1) is 10.0 Å². The summed E-state index contributed by atoms with van der Waals surface area (Å²) in [4.78, 5) is 11.9. The lowest BCUT2D eigenvalue weighted by molar-refractivity contribution is 0.0955. The number of carbonyl (C=O) groups is 1. The fraction of sp³-hybridized carbons (Fsp3) is 0.143. The van der Waals surface area contributed by atoms with Crippen LogP contribution in [0, 0.1) is 6.92 Å². The van der Waals surface area contributed by atoms with Crippen molar-refractivity contribution < 1.29 is 9.21 Å². The highest BCUT2D eigenvalue weighted by Gasteiger charge is 2.08. The van der Waals surface area contributed by atoms with E-state index in [-0.39, 0.29) is 5.91 Å². The summed E-state index contributed by atoms with van der Waals surface area (Å²) in [6.45, 7) is 3.58. The number of halogens is 2. The number of hydrogen-bond acceptors (Lipinski definition) is 3. The zero-order valence-corrected chi connectivity index (χ0v) is 12.4. The average Bonchev–Trinajstić information content (AvgIpc) is 2.85. The van der Waals surface area contributed by atoms with E-state index >= 15 is 0 Å². The van der Waals surface area contributed by atoms with E-state index in [2.05, 4.69) is 10.5 Å². The second-order valence-corrected chi connectivity index (χ2v) is 4.99. The van der Waals surface area contributed by atoms with Gasteiger partial charge >= 0.3 is 0 Å². The summed E-state index contributed by atoms with van der Waals surface area (Å²) in [6, 6.07) is 8.24. The molecular weight excluding hydrogens is 299 g/mol. The standard InChI is InChI=1S/C14H12Cl2N2O2/c1-8-3-6-13(20-8)9(2)17-18-14(19)10-4-5-11(15)12(16)7-10/h3-7H,1-2H3,(H,18,19)/b17-9-. The highest BCUT2D eigenvalue weighted by atomic mass is 35.5. The number of nitrogens with one attached hydrogen (secondary N) is 1. The minimum absolute atomic E-state index is 0.321. The first kappa shape index (κ1) is 14.6. The third-order valence-electron chi connectivity index (χ3n) is 2.60. The lowest BCUT2D eigenvalue weighted by atomic mass is 10.2. The van der Waals surface area contributed by atoms with Gasteiger partial charge in [-0.15, -0.1) is 0 Å². The summed E-state index contributed by atoms with van der Waals surface area (Å²) < 4.78 is 5.40. The van der Waals surface area contributed by atoms with Crippen LogP contribution in [0.2, 0.25) is 10.0 Å². The Balaban J connectivity index is 2.09. The van der Waals surface area contributed by atoms with Crippen LogP contribution in [0.25, 0.3) is 0 Å². The van der Waals surface area contributed by atoms with Crippen molar-refractivity contribution in [3.05, 3.63) is 57.5 Å². The van der Waals surface area contributed by atoms with Gasteiger partial charge in [0, 0.05) is 5.56 Å². The Morgan fingerprint density at radius 3 is 2.55 bits per heavy atom. The molecule has 1 aromatic carbocycles. The summed E-state index contributed by atoms with van der Waals surface area (Å²) in [7, 11) is 0. The van der Waals surface area contributed by atoms with E-state index in [1.54, 1.807) is 25.1 Å². The van der Waals surface area contributed by atoms with Crippen LogP contribution in [0.5, 0.6) is 0 Å². The van der Waals surface area contributed by atoms with Gasteiger partial charge in [-0.25, -0.2) is 5.43 Å². The summed E-state index contributed by atoms with van der Waals surface area (Å²) >= 11 is 11.6. The number of rotatable bonds is 3. The monoisotopic (exact) mass is 310 g/mol. The van der Waals surface area contributed by atoms with Gasteiger partial charge < -0.3 is 4.42 Å². The number of amides is 1. The second kappa shape index (κ2) is 6.11. The molecule has 0 saturated carbocycles. The van der Waals surface area contributed by atoms with E-state index in [0.717, 1.165) is 5.76 Å². The van der Waals surface area contributed by atoms with Gasteiger partial charge in [0.1, 0.15) is 17.2 Å². The third kappa shape index (κ3) is 3.40. The van der Waals surface area contributed by atoms with Crippen molar-refractivity contribution in [1.82, 2.24) is 5.43 Å². The zero-order valence-electron chi connectivity index (χ0n) is 10.9. The van der Waals surface area contributed by atoms with Gasteiger partial charge in [0.25, 0.3) is 5.91 Å². The molecule has 0 atom stereocenters. The molecular formula is C14H12Cl2N2O2. The molecule has 1 amide bonds. The Morgan fingerprint density at radius 2 is 1.95 bits per heavy atom. The molecule has 6 heteroatoms. The number of hydrazone groups is 1. The molecule has 0 unspecified atom stereocenters. The first-order chi connectivity index (χ1) is 9.47. The largest absolute Gasteiger partial charge is 0.460 e. The molecule has 0 aliphatic carbocycles. The van der Waals surface area contributed by atoms with Crippen LogP contribution in [0.4, 0.5) is 0 Å². The first-order valence-corrected chi connectivity index (χ1v) is 6.59. The maximum absolute atomic E-state index is 11.9. The van der Waals surface area contributed by atoms with Crippen LogP contribution in [-0.4, -0.2) is 11.6 Å². The number of aryl methyl sites for hydroxylation is 1. The van der Waals surface area contributed by atoms with Crippen LogP contribution in [0.3, 0.4) is 0 Å². The van der Waals surface area contributed by atoms with Gasteiger partial charge in [0.15, 0.2) is 0 Å². The van der Waals surface area contributed by atoms with Gasteiger partial charge in [0.2, 0.25) is 0 Å². The quantitative estimate of drug-likeness (QED) is 0.687. The molecule has 0 aliphatic heterocycles. The fourth-order valence-corrected chi connectivity index (χ4v) is 1.82. The number of hydrogen-bond donors (Lipinski definition) is 1. The normalized spacial score (nSPS) is 11.5. The molecule has 0 saturated heterocycles. The van der Waals surface area contributed by atoms with Gasteiger partial charge in [-0.05, 0) is 44.2 Å². The highest BCUT2D eigenvalue weighted by Crippen LogP contribution is 2.22. The van der Waals surface area contributed by atoms with E-state index in [9.17, 15) is 4.79 Å². The Labute approximate surface area is 126 Å². The van der Waals surface area contributed by atoms with Gasteiger partial charge in [-0.2, -0.15) is 5.10 Å². The number of nitrogens with zero attached hydrogens (tertiary/aromatic N) is 1. The predicted octanol–water partition coefficient (Wildman–Crippen LogP) is 4.05. The zero-order chi connectivity index (χ0) is 14.7. The molecule has 4 nitrogen and oxygen atoms in total. The van der Waals surface area contributed by atoms with E-state index < -0.39 is 0 Å². The molecule has 0 fully saturated rings. The topological polar surface area (TPSA) is 54.6 Å². The Bertz CT molecular complexity index is 678. The van der Waals surface area contributed by atoms with Crippen LogP contribution in [0.15, 0.2) is 39.9 Å². The molecule has 1 N–H and O–H groups in total. The van der Waals surface area contributed by atoms with Crippen molar-refractivity contribution in [2.24, 2.45) is 5.10 Å². The second-order valence-electron chi connectivity index (χ2n) is 4.18. The third-order valence-corrected chi connectivity index (χ3v) is 3.34. The van der Waals surface area contributed by atoms with Gasteiger partial charge in [-0.3, -0.25) is 4.79 Å². The molecule has 0 aliphatic rings. The lowest BCUT2D eigenvalue weighted by Crippen LogP contribution is -2.19. The number of benzene rings is 1. The SMILES string of the molecule is C/C(=N/NC(=O)c1ccc(Cl)c(Cl)c1)c1ccc(C)o1. The van der Waals surface area contributed by atoms with Crippen molar-refractivity contribution in [2.75, 3.05) is 0 Å².